The molecule has 1 saturated carbocycles. The minimum absolute atomic E-state index is 0.0783. The lowest BCUT2D eigenvalue weighted by Crippen LogP contribution is -2.23. The van der Waals surface area contributed by atoms with Gasteiger partial charge < -0.3 is 10.6 Å². The molecule has 1 heterocycles. The molecule has 0 saturated heterocycles. The Morgan fingerprint density at radius 1 is 0.900 bits per heavy atom. The molecule has 0 bridgehead atoms. The van der Waals surface area contributed by atoms with Gasteiger partial charge in [0.05, 0.1) is 0 Å². The Morgan fingerprint density at radius 3 is 2.23 bits per heavy atom. The Hall–Kier alpha value is -3.21. The van der Waals surface area contributed by atoms with Gasteiger partial charge in [-0.15, -0.1) is 0 Å². The predicted molar refractivity (Wildman–Crippen MR) is 120 cm³/mol. The molecule has 3 aromatic rings. The van der Waals surface area contributed by atoms with Gasteiger partial charge in [0.25, 0.3) is 5.91 Å². The monoisotopic (exact) mass is 400 g/mol. The van der Waals surface area contributed by atoms with Crippen LogP contribution in [0.2, 0.25) is 0 Å². The van der Waals surface area contributed by atoms with Crippen LogP contribution in [0.1, 0.15) is 53.6 Å². The van der Waals surface area contributed by atoms with E-state index in [2.05, 4.69) is 27.5 Å². The van der Waals surface area contributed by atoms with Crippen molar-refractivity contribution in [2.45, 2.75) is 51.6 Å². The second-order valence-corrected chi connectivity index (χ2v) is 8.02. The van der Waals surface area contributed by atoms with Gasteiger partial charge in [-0.3, -0.25) is 4.79 Å². The van der Waals surface area contributed by atoms with E-state index in [1.54, 1.807) is 0 Å². The molecule has 1 aliphatic carbocycles. The van der Waals surface area contributed by atoms with E-state index < -0.39 is 0 Å². The molecule has 0 unspecified atom stereocenters. The third-order valence-electron chi connectivity index (χ3n) is 5.64. The number of hydrogen-bond donors (Lipinski definition) is 2. The first-order valence-corrected chi connectivity index (χ1v) is 10.7. The lowest BCUT2D eigenvalue weighted by Gasteiger charge is -2.22. The normalized spacial score (nSPS) is 14.3. The summed E-state index contributed by atoms with van der Waals surface area (Å²) in [5.74, 6) is 0.614. The number of aryl methyl sites for hydroxylation is 1. The molecule has 0 atom stereocenters. The number of nitrogens with zero attached hydrogens (tertiary/aromatic N) is 2. The SMILES string of the molecule is Cc1ccc(CNC(=O)c2ccc(-c3cnc(NC4CCCCC4)nc3)cc2)cc1. The fraction of sp³-hybridized carbons (Fsp3) is 0.320. The number of anilines is 1. The van der Waals surface area contributed by atoms with E-state index in [1.165, 1.54) is 37.7 Å². The Kier molecular flexibility index (Phi) is 6.38. The highest BCUT2D eigenvalue weighted by atomic mass is 16.1. The minimum Gasteiger partial charge on any atom is -0.351 e. The highest BCUT2D eigenvalue weighted by Crippen LogP contribution is 2.22. The summed E-state index contributed by atoms with van der Waals surface area (Å²) in [7, 11) is 0. The van der Waals surface area contributed by atoms with Gasteiger partial charge in [0.2, 0.25) is 5.95 Å². The zero-order valence-electron chi connectivity index (χ0n) is 17.4. The first kappa shape index (κ1) is 20.1. The van der Waals surface area contributed by atoms with Crippen LogP contribution in [-0.4, -0.2) is 21.9 Å². The maximum Gasteiger partial charge on any atom is 0.251 e. The second kappa shape index (κ2) is 9.53. The van der Waals surface area contributed by atoms with Crippen molar-refractivity contribution in [3.05, 3.63) is 77.6 Å². The van der Waals surface area contributed by atoms with Crippen molar-refractivity contribution in [1.82, 2.24) is 15.3 Å². The maximum absolute atomic E-state index is 12.4. The van der Waals surface area contributed by atoms with Crippen molar-refractivity contribution < 1.29 is 4.79 Å². The Bertz CT molecular complexity index is 960. The number of rotatable bonds is 6. The van der Waals surface area contributed by atoms with Crippen molar-refractivity contribution in [3.8, 4) is 11.1 Å². The van der Waals surface area contributed by atoms with Gasteiger partial charge in [0.15, 0.2) is 0 Å². The summed E-state index contributed by atoms with van der Waals surface area (Å²) in [4.78, 5) is 21.4. The van der Waals surface area contributed by atoms with Crippen LogP contribution in [0.3, 0.4) is 0 Å². The van der Waals surface area contributed by atoms with Crippen LogP contribution in [0.25, 0.3) is 11.1 Å². The molecule has 30 heavy (non-hydrogen) atoms. The summed E-state index contributed by atoms with van der Waals surface area (Å²) >= 11 is 0. The molecule has 1 amide bonds. The molecular weight excluding hydrogens is 372 g/mol. The van der Waals surface area contributed by atoms with E-state index in [9.17, 15) is 4.79 Å². The van der Waals surface area contributed by atoms with Crippen molar-refractivity contribution in [3.63, 3.8) is 0 Å². The average molecular weight is 401 g/mol. The van der Waals surface area contributed by atoms with Gasteiger partial charge in [-0.2, -0.15) is 0 Å². The molecule has 1 aromatic heterocycles. The van der Waals surface area contributed by atoms with E-state index in [0.29, 0.717) is 24.1 Å². The van der Waals surface area contributed by atoms with E-state index in [4.69, 9.17) is 0 Å². The fourth-order valence-electron chi connectivity index (χ4n) is 3.79. The summed E-state index contributed by atoms with van der Waals surface area (Å²) in [6.45, 7) is 2.57. The van der Waals surface area contributed by atoms with Crippen LogP contribution in [0.15, 0.2) is 60.9 Å². The molecule has 5 nitrogen and oxygen atoms in total. The minimum atomic E-state index is -0.0783. The Balaban J connectivity index is 1.34. The molecule has 0 radical (unpaired) electrons. The molecule has 5 heteroatoms. The lowest BCUT2D eigenvalue weighted by molar-refractivity contribution is 0.0951. The number of aromatic nitrogens is 2. The van der Waals surface area contributed by atoms with Crippen LogP contribution in [0.5, 0.6) is 0 Å². The van der Waals surface area contributed by atoms with Gasteiger partial charge in [-0.1, -0.05) is 61.2 Å². The molecule has 1 fully saturated rings. The Morgan fingerprint density at radius 2 is 1.57 bits per heavy atom. The van der Waals surface area contributed by atoms with Crippen LogP contribution in [-0.2, 0) is 6.54 Å². The summed E-state index contributed by atoms with van der Waals surface area (Å²) in [5.41, 5.74) is 4.87. The van der Waals surface area contributed by atoms with Crippen LogP contribution < -0.4 is 10.6 Å². The molecule has 1 aliphatic rings. The van der Waals surface area contributed by atoms with Crippen molar-refractivity contribution in [2.75, 3.05) is 5.32 Å². The quantitative estimate of drug-likeness (QED) is 0.602. The van der Waals surface area contributed by atoms with E-state index in [0.717, 1.165) is 16.7 Å². The van der Waals surface area contributed by atoms with Gasteiger partial charge in [-0.05, 0) is 43.0 Å². The summed E-state index contributed by atoms with van der Waals surface area (Å²) in [6, 6.07) is 16.2. The highest BCUT2D eigenvalue weighted by Gasteiger charge is 2.14. The first-order valence-electron chi connectivity index (χ1n) is 10.7. The highest BCUT2D eigenvalue weighted by molar-refractivity contribution is 5.94. The lowest BCUT2D eigenvalue weighted by atomic mass is 9.96. The van der Waals surface area contributed by atoms with Gasteiger partial charge in [-0.25, -0.2) is 9.97 Å². The van der Waals surface area contributed by atoms with Crippen LogP contribution >= 0.6 is 0 Å². The topological polar surface area (TPSA) is 66.9 Å². The van der Waals surface area contributed by atoms with E-state index in [1.807, 2.05) is 60.9 Å². The largest absolute Gasteiger partial charge is 0.351 e. The standard InChI is InChI=1S/C25H28N4O/c1-18-7-9-19(10-8-18)15-26-24(30)21-13-11-20(12-14-21)22-16-27-25(28-17-22)29-23-5-3-2-4-6-23/h7-14,16-17,23H,2-6,15H2,1H3,(H,26,30)(H,27,28,29). The van der Waals surface area contributed by atoms with Crippen molar-refractivity contribution in [1.29, 1.82) is 0 Å². The molecule has 0 spiro atoms. The fourth-order valence-corrected chi connectivity index (χ4v) is 3.79. The van der Waals surface area contributed by atoms with Gasteiger partial charge >= 0.3 is 0 Å². The van der Waals surface area contributed by atoms with E-state index >= 15 is 0 Å². The second-order valence-electron chi connectivity index (χ2n) is 8.02. The Labute approximate surface area is 178 Å². The number of nitrogens with one attached hydrogen (secondary N) is 2. The third-order valence-corrected chi connectivity index (χ3v) is 5.64. The number of carbonyl (C=O) groups is 1. The number of hydrogen-bond acceptors (Lipinski definition) is 4. The zero-order chi connectivity index (χ0) is 20.8. The average Bonchev–Trinajstić information content (AvgIpc) is 2.80. The van der Waals surface area contributed by atoms with Crippen molar-refractivity contribution >= 4 is 11.9 Å². The number of amides is 1. The van der Waals surface area contributed by atoms with Gasteiger partial charge in [0, 0.05) is 36.1 Å². The third kappa shape index (κ3) is 5.23. The van der Waals surface area contributed by atoms with Crippen molar-refractivity contribution in [2.24, 2.45) is 0 Å². The van der Waals surface area contributed by atoms with E-state index in [-0.39, 0.29) is 5.91 Å². The number of benzene rings is 2. The maximum atomic E-state index is 12.4. The van der Waals surface area contributed by atoms with Crippen LogP contribution in [0.4, 0.5) is 5.95 Å². The molecular formula is C25H28N4O. The first-order chi connectivity index (χ1) is 14.7. The number of carbonyl (C=O) groups excluding carboxylic acids is 1. The summed E-state index contributed by atoms with van der Waals surface area (Å²) in [6.07, 6.45) is 9.95. The summed E-state index contributed by atoms with van der Waals surface area (Å²) in [5, 5.41) is 6.41. The van der Waals surface area contributed by atoms with Gasteiger partial charge in [0.1, 0.15) is 0 Å². The molecule has 154 valence electrons. The molecule has 0 aliphatic heterocycles. The van der Waals surface area contributed by atoms with Crippen LogP contribution in [0, 0.1) is 6.92 Å². The molecule has 2 N–H and O–H groups in total. The predicted octanol–water partition coefficient (Wildman–Crippen LogP) is 5.13. The molecule has 2 aromatic carbocycles. The smallest absolute Gasteiger partial charge is 0.251 e. The summed E-state index contributed by atoms with van der Waals surface area (Å²) < 4.78 is 0. The zero-order valence-corrected chi connectivity index (χ0v) is 17.4. The molecule has 4 rings (SSSR count).